The van der Waals surface area contributed by atoms with Crippen LogP contribution in [0.4, 0.5) is 0 Å². The Bertz CT molecular complexity index is 225. The second-order valence-electron chi connectivity index (χ2n) is 4.63. The summed E-state index contributed by atoms with van der Waals surface area (Å²) in [5, 5.41) is 0. The number of likely N-dealkylation sites (N-methyl/N-ethyl adjacent to an activating group) is 1. The van der Waals surface area contributed by atoms with Crippen LogP contribution in [0.2, 0.25) is 0 Å². The van der Waals surface area contributed by atoms with Crippen LogP contribution in [0.5, 0.6) is 0 Å². The van der Waals surface area contributed by atoms with Gasteiger partial charge in [-0.1, -0.05) is 0 Å². The van der Waals surface area contributed by atoms with Crippen molar-refractivity contribution in [2.24, 2.45) is 0 Å². The Balaban J connectivity index is 4.05. The molecule has 0 saturated heterocycles. The molecule has 0 saturated carbocycles. The van der Waals surface area contributed by atoms with Crippen LogP contribution >= 0.6 is 7.82 Å². The lowest BCUT2D eigenvalue weighted by atomic mass is 10.5. The zero-order valence-electron chi connectivity index (χ0n) is 10.5. The monoisotopic (exact) mass is 240 g/mol. The largest absolute Gasteiger partial charge is 0.474 e. The first-order chi connectivity index (χ1) is 6.68. The van der Waals surface area contributed by atoms with E-state index < -0.39 is 7.82 Å². The molecule has 0 aromatic heterocycles. The highest BCUT2D eigenvalue weighted by Crippen LogP contribution is 2.49. The van der Waals surface area contributed by atoms with Gasteiger partial charge in [0.05, 0.1) is 27.2 Å². The number of nitrogens with zero attached hydrogens (tertiary/aromatic N) is 1. The highest BCUT2D eigenvalue weighted by Gasteiger charge is 2.27. The fraction of sp³-hybridized carbons (Fsp3) is 1.00. The molecule has 0 N–H and O–H groups in total. The van der Waals surface area contributed by atoms with Crippen molar-refractivity contribution in [1.29, 1.82) is 0 Å². The summed E-state index contributed by atoms with van der Waals surface area (Å²) in [6.45, 7) is 4.67. The summed E-state index contributed by atoms with van der Waals surface area (Å²) in [7, 11) is 4.07. The van der Waals surface area contributed by atoms with Gasteiger partial charge in [-0.3, -0.25) is 13.6 Å². The van der Waals surface area contributed by atoms with Gasteiger partial charge in [0, 0.05) is 7.11 Å². The maximum atomic E-state index is 11.8. The molecule has 0 aromatic rings. The summed E-state index contributed by atoms with van der Waals surface area (Å²) in [6.07, 6.45) is -0.181. The number of rotatable bonds is 7. The molecule has 0 aliphatic heterocycles. The van der Waals surface area contributed by atoms with Crippen molar-refractivity contribution >= 4 is 7.82 Å². The molecule has 15 heavy (non-hydrogen) atoms. The molecular formula is C9H23NO4P+. The lowest BCUT2D eigenvalue weighted by Crippen LogP contribution is -2.37. The normalized spacial score (nSPS) is 16.7. The molecule has 0 radical (unpaired) electrons. The fourth-order valence-corrected chi connectivity index (χ4v) is 1.88. The molecule has 1 atom stereocenters. The highest BCUT2D eigenvalue weighted by molar-refractivity contribution is 7.48. The van der Waals surface area contributed by atoms with Crippen LogP contribution in [0.3, 0.4) is 0 Å². The van der Waals surface area contributed by atoms with Gasteiger partial charge >= 0.3 is 7.82 Å². The van der Waals surface area contributed by atoms with Crippen LogP contribution in [-0.4, -0.2) is 52.0 Å². The second kappa shape index (κ2) is 5.97. The minimum absolute atomic E-state index is 0.181. The van der Waals surface area contributed by atoms with Crippen LogP contribution in [0.25, 0.3) is 0 Å². The van der Waals surface area contributed by atoms with Gasteiger partial charge in [-0.2, -0.15) is 0 Å². The van der Waals surface area contributed by atoms with Gasteiger partial charge in [0.15, 0.2) is 0 Å². The van der Waals surface area contributed by atoms with Gasteiger partial charge in [0.1, 0.15) is 13.2 Å². The topological polar surface area (TPSA) is 44.8 Å². The van der Waals surface area contributed by atoms with E-state index in [2.05, 4.69) is 0 Å². The summed E-state index contributed by atoms with van der Waals surface area (Å²) >= 11 is 0. The standard InChI is InChI=1S/C9H23NO4P/c1-9(2)14-15(11,12-6)13-8-7-10(3,4)5/h9H,7-8H2,1-6H3/q+1. The molecule has 0 bridgehead atoms. The van der Waals surface area contributed by atoms with Gasteiger partial charge in [-0.05, 0) is 13.8 Å². The lowest BCUT2D eigenvalue weighted by Gasteiger charge is -2.25. The third kappa shape index (κ3) is 7.94. The molecule has 0 rings (SSSR count). The van der Waals surface area contributed by atoms with Gasteiger partial charge in [0.2, 0.25) is 0 Å². The Hall–Kier alpha value is 0.0700. The van der Waals surface area contributed by atoms with Crippen molar-refractivity contribution in [2.75, 3.05) is 41.4 Å². The van der Waals surface area contributed by atoms with Crippen LogP contribution in [0, 0.1) is 0 Å². The van der Waals surface area contributed by atoms with Crippen molar-refractivity contribution < 1.29 is 22.6 Å². The van der Waals surface area contributed by atoms with Crippen molar-refractivity contribution in [3.05, 3.63) is 0 Å². The van der Waals surface area contributed by atoms with Crippen LogP contribution < -0.4 is 0 Å². The summed E-state index contributed by atoms with van der Waals surface area (Å²) in [5.74, 6) is 0. The number of phosphoric acid groups is 1. The summed E-state index contributed by atoms with van der Waals surface area (Å²) in [6, 6.07) is 0. The number of hydrogen-bond donors (Lipinski definition) is 0. The van der Waals surface area contributed by atoms with Crippen molar-refractivity contribution in [1.82, 2.24) is 0 Å². The molecule has 92 valence electrons. The minimum atomic E-state index is -3.35. The molecule has 0 heterocycles. The summed E-state index contributed by atoms with van der Waals surface area (Å²) < 4.78 is 27.6. The molecule has 5 nitrogen and oxygen atoms in total. The molecule has 0 spiro atoms. The van der Waals surface area contributed by atoms with E-state index in [9.17, 15) is 4.57 Å². The Morgan fingerprint density at radius 3 is 2.13 bits per heavy atom. The Labute approximate surface area is 92.5 Å². The first kappa shape index (κ1) is 15.1. The van der Waals surface area contributed by atoms with Crippen molar-refractivity contribution in [3.63, 3.8) is 0 Å². The quantitative estimate of drug-likeness (QED) is 0.503. The van der Waals surface area contributed by atoms with Gasteiger partial charge < -0.3 is 4.48 Å². The molecule has 0 amide bonds. The zero-order chi connectivity index (χ0) is 12.1. The Morgan fingerprint density at radius 2 is 1.80 bits per heavy atom. The van der Waals surface area contributed by atoms with E-state index in [0.717, 1.165) is 11.0 Å². The summed E-state index contributed by atoms with van der Waals surface area (Å²) in [4.78, 5) is 0. The van der Waals surface area contributed by atoms with Gasteiger partial charge in [0.25, 0.3) is 0 Å². The number of quaternary nitrogens is 1. The number of hydrogen-bond acceptors (Lipinski definition) is 4. The third-order valence-electron chi connectivity index (χ3n) is 1.58. The molecule has 0 aliphatic rings. The van der Waals surface area contributed by atoms with E-state index >= 15 is 0 Å². The fourth-order valence-electron chi connectivity index (χ4n) is 0.811. The SMILES string of the molecule is COP(=O)(OCC[N+](C)(C)C)OC(C)C. The maximum absolute atomic E-state index is 11.8. The molecule has 6 heteroatoms. The Kier molecular flexibility index (Phi) is 5.99. The minimum Gasteiger partial charge on any atom is -0.329 e. The lowest BCUT2D eigenvalue weighted by molar-refractivity contribution is -0.870. The van der Waals surface area contributed by atoms with Crippen LogP contribution in [-0.2, 0) is 18.1 Å². The smallest absolute Gasteiger partial charge is 0.329 e. The third-order valence-corrected chi connectivity index (χ3v) is 3.20. The van der Waals surface area contributed by atoms with Crippen LogP contribution in [0.15, 0.2) is 0 Å². The van der Waals surface area contributed by atoms with E-state index in [-0.39, 0.29) is 6.10 Å². The summed E-state index contributed by atoms with van der Waals surface area (Å²) in [5.41, 5.74) is 0. The molecule has 1 unspecified atom stereocenters. The molecular weight excluding hydrogens is 217 g/mol. The van der Waals surface area contributed by atoms with Crippen molar-refractivity contribution in [2.45, 2.75) is 20.0 Å². The van der Waals surface area contributed by atoms with Gasteiger partial charge in [-0.25, -0.2) is 4.57 Å². The molecule has 0 aliphatic carbocycles. The van der Waals surface area contributed by atoms with E-state index in [1.807, 2.05) is 21.1 Å². The van der Waals surface area contributed by atoms with Crippen LogP contribution in [0.1, 0.15) is 13.8 Å². The average Bonchev–Trinajstić information content (AvgIpc) is 2.00. The maximum Gasteiger partial charge on any atom is 0.474 e. The van der Waals surface area contributed by atoms with Gasteiger partial charge in [-0.15, -0.1) is 0 Å². The highest BCUT2D eigenvalue weighted by atomic mass is 31.2. The average molecular weight is 240 g/mol. The first-order valence-corrected chi connectivity index (χ1v) is 6.44. The van der Waals surface area contributed by atoms with E-state index in [1.165, 1.54) is 7.11 Å². The predicted molar refractivity (Wildman–Crippen MR) is 59.7 cm³/mol. The molecule has 0 fully saturated rings. The van der Waals surface area contributed by atoms with Crippen molar-refractivity contribution in [3.8, 4) is 0 Å². The molecule has 0 aromatic carbocycles. The predicted octanol–water partition coefficient (Wildman–Crippen LogP) is 1.89. The number of phosphoric ester groups is 1. The second-order valence-corrected chi connectivity index (χ2v) is 6.36. The first-order valence-electron chi connectivity index (χ1n) is 4.98. The van der Waals surface area contributed by atoms with E-state index in [1.54, 1.807) is 13.8 Å². The van der Waals surface area contributed by atoms with E-state index in [4.69, 9.17) is 13.6 Å². The zero-order valence-corrected chi connectivity index (χ0v) is 11.4. The Morgan fingerprint density at radius 1 is 1.27 bits per heavy atom. The van der Waals surface area contributed by atoms with E-state index in [0.29, 0.717) is 6.61 Å².